The van der Waals surface area contributed by atoms with Gasteiger partial charge in [0.15, 0.2) is 0 Å². The van der Waals surface area contributed by atoms with Crippen molar-refractivity contribution in [3.05, 3.63) is 5.92 Å². The summed E-state index contributed by atoms with van der Waals surface area (Å²) in [5, 5.41) is 0. The van der Waals surface area contributed by atoms with Gasteiger partial charge in [-0.25, -0.2) is 0 Å². The van der Waals surface area contributed by atoms with Crippen LogP contribution in [0.5, 0.6) is 0 Å². The van der Waals surface area contributed by atoms with Crippen LogP contribution in [-0.4, -0.2) is 0 Å². The van der Waals surface area contributed by atoms with E-state index < -0.39 is 0 Å². The van der Waals surface area contributed by atoms with Gasteiger partial charge in [-0.2, -0.15) is 0 Å². The van der Waals surface area contributed by atoms with Gasteiger partial charge in [0.1, 0.15) is 0 Å². The van der Waals surface area contributed by atoms with Crippen molar-refractivity contribution in [1.29, 1.82) is 0 Å². The lowest BCUT2D eigenvalue weighted by molar-refractivity contribution is 0.113. The molecule has 0 nitrogen and oxygen atoms in total. The summed E-state index contributed by atoms with van der Waals surface area (Å²) in [7, 11) is 0. The fraction of sp³-hybridized carbons (Fsp3) is 0.957. The molecule has 3 aliphatic carbocycles. The van der Waals surface area contributed by atoms with Crippen molar-refractivity contribution in [2.45, 2.75) is 98.3 Å². The largest absolute Gasteiger partial charge is 0.0625 e. The minimum Gasteiger partial charge on any atom is -0.0625 e. The molecule has 23 heavy (non-hydrogen) atoms. The fourth-order valence-corrected chi connectivity index (χ4v) is 6.15. The second-order valence-corrected chi connectivity index (χ2v) is 9.95. The monoisotopic (exact) mass is 317 g/mol. The highest BCUT2D eigenvalue weighted by molar-refractivity contribution is 5.01. The minimum atomic E-state index is 0.951. The van der Waals surface area contributed by atoms with Gasteiger partial charge in [-0.05, 0) is 92.3 Å². The molecule has 3 rings (SSSR count). The van der Waals surface area contributed by atoms with Crippen LogP contribution in [0.25, 0.3) is 0 Å². The van der Waals surface area contributed by atoms with Crippen LogP contribution in [0.3, 0.4) is 0 Å². The first-order chi connectivity index (χ1) is 11.0. The van der Waals surface area contributed by atoms with E-state index in [1.807, 2.05) is 5.92 Å². The van der Waals surface area contributed by atoms with E-state index in [4.69, 9.17) is 0 Å². The van der Waals surface area contributed by atoms with E-state index in [0.29, 0.717) is 0 Å². The van der Waals surface area contributed by atoms with Gasteiger partial charge in [-0.1, -0.05) is 53.4 Å². The Bertz CT molecular complexity index is 331. The van der Waals surface area contributed by atoms with Gasteiger partial charge in [0.25, 0.3) is 0 Å². The van der Waals surface area contributed by atoms with Gasteiger partial charge in [-0.15, -0.1) is 0 Å². The molecule has 3 fully saturated rings. The third-order valence-electron chi connectivity index (χ3n) is 8.21. The number of rotatable bonds is 3. The quantitative estimate of drug-likeness (QED) is 0.513. The molecule has 0 spiro atoms. The molecule has 2 atom stereocenters. The molecule has 3 saturated carbocycles. The number of hydrogen-bond donors (Lipinski definition) is 0. The molecular weight excluding hydrogens is 276 g/mol. The summed E-state index contributed by atoms with van der Waals surface area (Å²) in [6, 6.07) is 0. The minimum absolute atomic E-state index is 0.951. The Morgan fingerprint density at radius 3 is 1.83 bits per heavy atom. The second-order valence-electron chi connectivity index (χ2n) is 9.95. The average molecular weight is 318 g/mol. The summed E-state index contributed by atoms with van der Waals surface area (Å²) in [5.74, 6) is 8.95. The van der Waals surface area contributed by atoms with E-state index in [1.165, 1.54) is 51.4 Å². The highest BCUT2D eigenvalue weighted by Gasteiger charge is 2.34. The molecule has 0 N–H and O–H groups in total. The van der Waals surface area contributed by atoms with E-state index >= 15 is 0 Å². The van der Waals surface area contributed by atoms with E-state index in [-0.39, 0.29) is 0 Å². The van der Waals surface area contributed by atoms with Crippen molar-refractivity contribution < 1.29 is 0 Å². The van der Waals surface area contributed by atoms with Crippen molar-refractivity contribution >= 4 is 0 Å². The topological polar surface area (TPSA) is 0 Å². The number of hydrogen-bond acceptors (Lipinski definition) is 0. The van der Waals surface area contributed by atoms with Crippen LogP contribution in [-0.2, 0) is 0 Å². The molecule has 0 bridgehead atoms. The van der Waals surface area contributed by atoms with E-state index in [0.717, 1.165) is 41.4 Å². The Hall–Kier alpha value is 0. The molecule has 0 heteroatoms. The van der Waals surface area contributed by atoms with Crippen molar-refractivity contribution in [2.24, 2.45) is 41.4 Å². The van der Waals surface area contributed by atoms with E-state index in [2.05, 4.69) is 27.7 Å². The Balaban J connectivity index is 1.41. The highest BCUT2D eigenvalue weighted by atomic mass is 14.4. The lowest BCUT2D eigenvalue weighted by Gasteiger charge is -2.41. The van der Waals surface area contributed by atoms with Gasteiger partial charge in [0.2, 0.25) is 0 Å². The van der Waals surface area contributed by atoms with Crippen LogP contribution >= 0.6 is 0 Å². The van der Waals surface area contributed by atoms with Crippen LogP contribution in [0.15, 0.2) is 0 Å². The zero-order valence-electron chi connectivity index (χ0n) is 16.3. The Kier molecular flexibility index (Phi) is 6.13. The first-order valence-electron chi connectivity index (χ1n) is 10.9. The lowest BCUT2D eigenvalue weighted by Crippen LogP contribution is -2.30. The summed E-state index contributed by atoms with van der Waals surface area (Å²) < 4.78 is 0. The zero-order chi connectivity index (χ0) is 16.4. The summed E-state index contributed by atoms with van der Waals surface area (Å²) in [4.78, 5) is 0. The normalized spacial score (nSPS) is 44.3. The summed E-state index contributed by atoms with van der Waals surface area (Å²) in [5.41, 5.74) is 0. The maximum atomic E-state index is 2.50. The van der Waals surface area contributed by atoms with Crippen LogP contribution < -0.4 is 0 Å². The van der Waals surface area contributed by atoms with Gasteiger partial charge < -0.3 is 0 Å². The molecule has 0 aliphatic heterocycles. The molecule has 3 aliphatic rings. The first kappa shape index (κ1) is 17.8. The summed E-state index contributed by atoms with van der Waals surface area (Å²) in [6.07, 6.45) is 16.6. The van der Waals surface area contributed by atoms with Crippen molar-refractivity contribution in [3.8, 4) is 0 Å². The Labute approximate surface area is 146 Å². The smallest absolute Gasteiger partial charge is 0.0210 e. The maximum absolute atomic E-state index is 2.50. The molecule has 0 heterocycles. The third kappa shape index (κ3) is 4.55. The molecule has 0 aromatic carbocycles. The SMILES string of the molecule is CC1CC[C](C2CCC(CC3CC(C)C(C)C(C)C3)CC2)CC1. The van der Waals surface area contributed by atoms with Crippen LogP contribution in [0, 0.1) is 47.3 Å². The lowest BCUT2D eigenvalue weighted by atomic mass is 9.65. The Morgan fingerprint density at radius 1 is 0.696 bits per heavy atom. The highest BCUT2D eigenvalue weighted by Crippen LogP contribution is 2.46. The molecule has 1 radical (unpaired) electrons. The molecule has 0 aromatic rings. The van der Waals surface area contributed by atoms with Crippen molar-refractivity contribution in [1.82, 2.24) is 0 Å². The average Bonchev–Trinajstić information content (AvgIpc) is 2.54. The third-order valence-corrected chi connectivity index (χ3v) is 8.21. The summed E-state index contributed by atoms with van der Waals surface area (Å²) in [6.45, 7) is 9.94. The first-order valence-corrected chi connectivity index (χ1v) is 10.9. The van der Waals surface area contributed by atoms with Crippen LogP contribution in [0.2, 0.25) is 0 Å². The van der Waals surface area contributed by atoms with E-state index in [1.54, 1.807) is 19.3 Å². The van der Waals surface area contributed by atoms with E-state index in [9.17, 15) is 0 Å². The van der Waals surface area contributed by atoms with Gasteiger partial charge >= 0.3 is 0 Å². The summed E-state index contributed by atoms with van der Waals surface area (Å²) >= 11 is 0. The van der Waals surface area contributed by atoms with Crippen LogP contribution in [0.1, 0.15) is 98.3 Å². The van der Waals surface area contributed by atoms with Crippen LogP contribution in [0.4, 0.5) is 0 Å². The molecular formula is C23H41. The van der Waals surface area contributed by atoms with Gasteiger partial charge in [-0.3, -0.25) is 0 Å². The second kappa shape index (κ2) is 7.92. The predicted octanol–water partition coefficient (Wildman–Crippen LogP) is 7.29. The van der Waals surface area contributed by atoms with Crippen molar-refractivity contribution in [2.75, 3.05) is 0 Å². The molecule has 0 aromatic heterocycles. The molecule has 0 saturated heterocycles. The van der Waals surface area contributed by atoms with Crippen molar-refractivity contribution in [3.63, 3.8) is 0 Å². The standard InChI is InChI=1S/C23H41/c1-16-5-9-22(10-6-16)23-11-7-20(8-12-23)15-21-13-17(2)19(4)18(3)14-21/h16-21,23H,5-15H2,1-4H3. The Morgan fingerprint density at radius 2 is 1.26 bits per heavy atom. The fourth-order valence-electron chi connectivity index (χ4n) is 6.15. The molecule has 2 unspecified atom stereocenters. The van der Waals surface area contributed by atoms with Gasteiger partial charge in [0.05, 0.1) is 0 Å². The predicted molar refractivity (Wildman–Crippen MR) is 101 cm³/mol. The molecule has 0 amide bonds. The maximum Gasteiger partial charge on any atom is -0.0210 e. The molecule has 133 valence electrons. The van der Waals surface area contributed by atoms with Gasteiger partial charge in [0, 0.05) is 0 Å². The zero-order valence-corrected chi connectivity index (χ0v) is 16.3.